The molecule has 2 aromatic rings. The molecule has 0 aliphatic heterocycles. The molecule has 2 aromatic carbocycles. The van der Waals surface area contributed by atoms with Crippen LogP contribution in [0.2, 0.25) is 0 Å². The predicted molar refractivity (Wildman–Crippen MR) is 87.4 cm³/mol. The number of halogens is 1. The van der Waals surface area contributed by atoms with Gasteiger partial charge in [-0.05, 0) is 49.2 Å². The molecule has 21 heavy (non-hydrogen) atoms. The van der Waals surface area contributed by atoms with E-state index in [0.29, 0.717) is 17.0 Å². The van der Waals surface area contributed by atoms with Crippen molar-refractivity contribution in [2.45, 2.75) is 18.7 Å². The van der Waals surface area contributed by atoms with E-state index in [1.807, 2.05) is 13.0 Å². The van der Waals surface area contributed by atoms with E-state index in [1.54, 1.807) is 37.3 Å². The molecule has 112 valence electrons. The van der Waals surface area contributed by atoms with Crippen molar-refractivity contribution in [3.05, 3.63) is 52.0 Å². The van der Waals surface area contributed by atoms with Crippen molar-refractivity contribution < 1.29 is 13.2 Å². The van der Waals surface area contributed by atoms with Gasteiger partial charge in [-0.15, -0.1) is 0 Å². The second kappa shape index (κ2) is 6.07. The second-order valence-corrected chi connectivity index (χ2v) is 7.29. The van der Waals surface area contributed by atoms with Gasteiger partial charge in [0.05, 0.1) is 17.7 Å². The molecule has 0 spiro atoms. The minimum atomic E-state index is -3.67. The standard InChI is InChI=1S/C15H16BrNO3S/c1-10-4-5-11(2)15(8-10)21(18,19)17-13-9-12(16)6-7-14(13)20-3/h4-9,17H,1-3H3. The van der Waals surface area contributed by atoms with E-state index in [4.69, 9.17) is 4.74 Å². The molecule has 0 fully saturated rings. The zero-order valence-electron chi connectivity index (χ0n) is 12.0. The van der Waals surface area contributed by atoms with Gasteiger partial charge in [0, 0.05) is 4.47 Å². The third kappa shape index (κ3) is 3.57. The molecule has 6 heteroatoms. The summed E-state index contributed by atoms with van der Waals surface area (Å²) < 4.78 is 33.7. The van der Waals surface area contributed by atoms with Gasteiger partial charge in [0.1, 0.15) is 5.75 Å². The number of hydrogen-bond acceptors (Lipinski definition) is 3. The zero-order chi connectivity index (χ0) is 15.6. The first-order chi connectivity index (χ1) is 9.83. The van der Waals surface area contributed by atoms with Crippen molar-refractivity contribution in [3.63, 3.8) is 0 Å². The molecule has 4 nitrogen and oxygen atoms in total. The van der Waals surface area contributed by atoms with E-state index >= 15 is 0 Å². The number of ether oxygens (including phenoxy) is 1. The molecule has 0 atom stereocenters. The molecule has 0 saturated heterocycles. The first-order valence-electron chi connectivity index (χ1n) is 6.27. The Balaban J connectivity index is 2.47. The number of hydrogen-bond donors (Lipinski definition) is 1. The Morgan fingerprint density at radius 3 is 2.48 bits per heavy atom. The molecule has 1 N–H and O–H groups in total. The van der Waals surface area contributed by atoms with Crippen LogP contribution in [0.3, 0.4) is 0 Å². The summed E-state index contributed by atoms with van der Waals surface area (Å²) in [5.74, 6) is 0.465. The summed E-state index contributed by atoms with van der Waals surface area (Å²) >= 11 is 3.32. The monoisotopic (exact) mass is 369 g/mol. The lowest BCUT2D eigenvalue weighted by Crippen LogP contribution is -2.15. The molecular formula is C15H16BrNO3S. The fraction of sp³-hybridized carbons (Fsp3) is 0.200. The van der Waals surface area contributed by atoms with Crippen LogP contribution in [0.1, 0.15) is 11.1 Å². The molecule has 2 rings (SSSR count). The van der Waals surface area contributed by atoms with E-state index in [9.17, 15) is 8.42 Å². The highest BCUT2D eigenvalue weighted by Gasteiger charge is 2.19. The van der Waals surface area contributed by atoms with E-state index < -0.39 is 10.0 Å². The SMILES string of the molecule is COc1ccc(Br)cc1NS(=O)(=O)c1cc(C)ccc1C. The van der Waals surface area contributed by atoms with Gasteiger partial charge in [-0.2, -0.15) is 0 Å². The minimum absolute atomic E-state index is 0.268. The predicted octanol–water partition coefficient (Wildman–Crippen LogP) is 3.88. The first kappa shape index (κ1) is 15.9. The number of sulfonamides is 1. The summed E-state index contributed by atoms with van der Waals surface area (Å²) in [7, 11) is -2.17. The Morgan fingerprint density at radius 1 is 1.10 bits per heavy atom. The summed E-state index contributed by atoms with van der Waals surface area (Å²) in [6, 6.07) is 10.5. The lowest BCUT2D eigenvalue weighted by Gasteiger charge is -2.14. The molecule has 0 saturated carbocycles. The van der Waals surface area contributed by atoms with Gasteiger partial charge in [-0.1, -0.05) is 28.1 Å². The first-order valence-corrected chi connectivity index (χ1v) is 8.55. The van der Waals surface area contributed by atoms with Gasteiger partial charge >= 0.3 is 0 Å². The summed E-state index contributed by atoms with van der Waals surface area (Å²) in [4.78, 5) is 0.268. The van der Waals surface area contributed by atoms with Crippen molar-refractivity contribution in [2.75, 3.05) is 11.8 Å². The average Bonchev–Trinajstić information content (AvgIpc) is 2.41. The Bertz CT molecular complexity index is 772. The quantitative estimate of drug-likeness (QED) is 0.889. The van der Waals surface area contributed by atoms with E-state index in [-0.39, 0.29) is 4.90 Å². The van der Waals surface area contributed by atoms with Gasteiger partial charge < -0.3 is 4.74 Å². The highest BCUT2D eigenvalue weighted by Crippen LogP contribution is 2.30. The van der Waals surface area contributed by atoms with Crippen LogP contribution in [0.5, 0.6) is 5.75 Å². The second-order valence-electron chi connectivity index (χ2n) is 4.72. The molecule has 0 aromatic heterocycles. The summed E-state index contributed by atoms with van der Waals surface area (Å²) in [5, 5.41) is 0. The number of benzene rings is 2. The summed E-state index contributed by atoms with van der Waals surface area (Å²) in [6.07, 6.45) is 0. The number of rotatable bonds is 4. The Hall–Kier alpha value is -1.53. The molecule has 0 unspecified atom stereocenters. The maximum Gasteiger partial charge on any atom is 0.262 e. The molecule has 0 radical (unpaired) electrons. The molecule has 0 heterocycles. The summed E-state index contributed by atoms with van der Waals surface area (Å²) in [6.45, 7) is 3.63. The fourth-order valence-corrected chi connectivity index (χ4v) is 3.71. The topological polar surface area (TPSA) is 55.4 Å². The van der Waals surface area contributed by atoms with Gasteiger partial charge in [0.25, 0.3) is 10.0 Å². The number of aryl methyl sites for hydroxylation is 2. The van der Waals surface area contributed by atoms with E-state index in [0.717, 1.165) is 10.0 Å². The Kier molecular flexibility index (Phi) is 4.58. The lowest BCUT2D eigenvalue weighted by molar-refractivity contribution is 0.417. The highest BCUT2D eigenvalue weighted by atomic mass is 79.9. The largest absolute Gasteiger partial charge is 0.495 e. The average molecular weight is 370 g/mol. The molecular weight excluding hydrogens is 354 g/mol. The number of nitrogens with one attached hydrogen (secondary N) is 1. The van der Waals surface area contributed by atoms with Crippen molar-refractivity contribution in [3.8, 4) is 5.75 Å². The van der Waals surface area contributed by atoms with Gasteiger partial charge in [0.2, 0.25) is 0 Å². The third-order valence-electron chi connectivity index (χ3n) is 3.04. The third-order valence-corrected chi connectivity index (χ3v) is 5.04. The van der Waals surface area contributed by atoms with Gasteiger partial charge in [0.15, 0.2) is 0 Å². The van der Waals surface area contributed by atoms with Crippen LogP contribution >= 0.6 is 15.9 Å². The molecule has 0 aliphatic rings. The Labute approximate surface area is 133 Å². The summed E-state index contributed by atoms with van der Waals surface area (Å²) in [5.41, 5.74) is 1.98. The molecule has 0 aliphatic carbocycles. The van der Waals surface area contributed by atoms with Crippen molar-refractivity contribution in [2.24, 2.45) is 0 Å². The van der Waals surface area contributed by atoms with Crippen LogP contribution in [-0.2, 0) is 10.0 Å². The smallest absolute Gasteiger partial charge is 0.262 e. The van der Waals surface area contributed by atoms with Crippen LogP contribution in [0.25, 0.3) is 0 Å². The normalized spacial score (nSPS) is 11.2. The lowest BCUT2D eigenvalue weighted by atomic mass is 10.2. The van der Waals surface area contributed by atoms with Gasteiger partial charge in [-0.25, -0.2) is 8.42 Å². The maximum atomic E-state index is 12.6. The van der Waals surface area contributed by atoms with Gasteiger partial charge in [-0.3, -0.25) is 4.72 Å². The van der Waals surface area contributed by atoms with Crippen molar-refractivity contribution in [1.82, 2.24) is 0 Å². The maximum absolute atomic E-state index is 12.6. The van der Waals surface area contributed by atoms with Crippen molar-refractivity contribution in [1.29, 1.82) is 0 Å². The fourth-order valence-electron chi connectivity index (χ4n) is 1.96. The Morgan fingerprint density at radius 2 is 1.81 bits per heavy atom. The van der Waals surface area contributed by atoms with Crippen LogP contribution in [0.15, 0.2) is 45.8 Å². The highest BCUT2D eigenvalue weighted by molar-refractivity contribution is 9.10. The number of methoxy groups -OCH3 is 1. The van der Waals surface area contributed by atoms with Crippen LogP contribution in [0, 0.1) is 13.8 Å². The zero-order valence-corrected chi connectivity index (χ0v) is 14.4. The van der Waals surface area contributed by atoms with Crippen LogP contribution in [-0.4, -0.2) is 15.5 Å². The number of anilines is 1. The minimum Gasteiger partial charge on any atom is -0.495 e. The van der Waals surface area contributed by atoms with E-state index in [1.165, 1.54) is 7.11 Å². The van der Waals surface area contributed by atoms with Crippen LogP contribution in [0.4, 0.5) is 5.69 Å². The molecule has 0 bridgehead atoms. The molecule has 0 amide bonds. The van der Waals surface area contributed by atoms with Crippen LogP contribution < -0.4 is 9.46 Å². The van der Waals surface area contributed by atoms with Crippen molar-refractivity contribution >= 4 is 31.6 Å². The van der Waals surface area contributed by atoms with E-state index in [2.05, 4.69) is 20.7 Å².